The van der Waals surface area contributed by atoms with E-state index in [2.05, 4.69) is 0 Å². The van der Waals surface area contributed by atoms with Crippen LogP contribution in [0.4, 0.5) is 0 Å². The minimum absolute atomic E-state index is 0.207. The third-order valence-electron chi connectivity index (χ3n) is 2.11. The monoisotopic (exact) mass is 246 g/mol. The molecule has 0 aliphatic carbocycles. The van der Waals surface area contributed by atoms with Crippen molar-refractivity contribution >= 4 is 17.6 Å². The number of hydrogen-bond donors (Lipinski definition) is 2. The number of carboxylic acids is 1. The zero-order valence-corrected chi connectivity index (χ0v) is 9.32. The largest absolute Gasteiger partial charge is 0.480 e. The summed E-state index contributed by atoms with van der Waals surface area (Å²) in [5.41, 5.74) is -1.49. The molecule has 2 N–H and O–H groups in total. The van der Waals surface area contributed by atoms with Crippen molar-refractivity contribution < 1.29 is 9.90 Å². The maximum atomic E-state index is 11.4. The number of carbonyl (C=O) groups is 1. The van der Waals surface area contributed by atoms with Gasteiger partial charge in [-0.2, -0.15) is 0 Å². The Morgan fingerprint density at radius 1 is 1.62 bits per heavy atom. The smallest absolute Gasteiger partial charge is 0.329 e. The molecule has 1 rings (SSSR count). The van der Waals surface area contributed by atoms with E-state index in [9.17, 15) is 14.4 Å². The summed E-state index contributed by atoms with van der Waals surface area (Å²) in [4.78, 5) is 35.3. The first-order valence-electron chi connectivity index (χ1n) is 4.71. The van der Waals surface area contributed by atoms with E-state index in [1.54, 1.807) is 6.92 Å². The van der Waals surface area contributed by atoms with Gasteiger partial charge in [-0.15, -0.1) is 0 Å². The Balaban J connectivity index is 3.30. The molecule has 1 unspecified atom stereocenters. The van der Waals surface area contributed by atoms with Gasteiger partial charge in [-0.1, -0.05) is 24.9 Å². The second-order valence-corrected chi connectivity index (χ2v) is 3.69. The molecule has 0 aliphatic heterocycles. The third kappa shape index (κ3) is 2.52. The molecular weight excluding hydrogens is 236 g/mol. The minimum Gasteiger partial charge on any atom is -0.480 e. The average Bonchev–Trinajstić information content (AvgIpc) is 2.20. The van der Waals surface area contributed by atoms with Crippen LogP contribution in [-0.2, 0) is 4.79 Å². The van der Waals surface area contributed by atoms with Gasteiger partial charge < -0.3 is 5.11 Å². The standard InChI is InChI=1S/C9H11ClN2O4/c1-2-3-6(8(14)15)12-4-5(10)7(13)11-9(12)16/h4,6H,2-3H2,1H3,(H,14,15)(H,11,13,16). The number of halogens is 1. The molecule has 0 aliphatic rings. The molecule has 88 valence electrons. The quantitative estimate of drug-likeness (QED) is 0.814. The summed E-state index contributed by atoms with van der Waals surface area (Å²) in [7, 11) is 0. The third-order valence-corrected chi connectivity index (χ3v) is 2.38. The first-order valence-corrected chi connectivity index (χ1v) is 5.09. The van der Waals surface area contributed by atoms with Gasteiger partial charge in [0.15, 0.2) is 0 Å². The van der Waals surface area contributed by atoms with Crippen molar-refractivity contribution in [3.63, 3.8) is 0 Å². The molecule has 6 nitrogen and oxygen atoms in total. The fourth-order valence-corrected chi connectivity index (χ4v) is 1.50. The van der Waals surface area contributed by atoms with Crippen LogP contribution >= 0.6 is 11.6 Å². The molecule has 0 bridgehead atoms. The number of nitrogens with zero attached hydrogens (tertiary/aromatic N) is 1. The van der Waals surface area contributed by atoms with Crippen LogP contribution in [0, 0.1) is 0 Å². The number of carboxylic acid groups (broad SMARTS) is 1. The lowest BCUT2D eigenvalue weighted by Gasteiger charge is -2.13. The van der Waals surface area contributed by atoms with Crippen molar-refractivity contribution in [2.75, 3.05) is 0 Å². The van der Waals surface area contributed by atoms with Crippen LogP contribution in [0.2, 0.25) is 5.02 Å². The van der Waals surface area contributed by atoms with E-state index >= 15 is 0 Å². The Kier molecular flexibility index (Phi) is 3.89. The van der Waals surface area contributed by atoms with E-state index in [4.69, 9.17) is 16.7 Å². The average molecular weight is 247 g/mol. The molecule has 7 heteroatoms. The van der Waals surface area contributed by atoms with Crippen molar-refractivity contribution in [2.24, 2.45) is 0 Å². The highest BCUT2D eigenvalue weighted by molar-refractivity contribution is 6.30. The maximum absolute atomic E-state index is 11.4. The molecule has 1 aromatic heterocycles. The lowest BCUT2D eigenvalue weighted by atomic mass is 10.1. The summed E-state index contributed by atoms with van der Waals surface area (Å²) in [5, 5.41) is 8.74. The highest BCUT2D eigenvalue weighted by Gasteiger charge is 2.20. The van der Waals surface area contributed by atoms with Crippen molar-refractivity contribution in [3.05, 3.63) is 32.1 Å². The molecule has 1 atom stereocenters. The zero-order valence-electron chi connectivity index (χ0n) is 8.57. The van der Waals surface area contributed by atoms with Gasteiger partial charge in [-0.3, -0.25) is 14.3 Å². The lowest BCUT2D eigenvalue weighted by Crippen LogP contribution is -2.35. The second kappa shape index (κ2) is 4.98. The van der Waals surface area contributed by atoms with Gasteiger partial charge in [-0.25, -0.2) is 9.59 Å². The number of aromatic amines is 1. The lowest BCUT2D eigenvalue weighted by molar-refractivity contribution is -0.141. The van der Waals surface area contributed by atoms with E-state index < -0.39 is 23.3 Å². The molecule has 16 heavy (non-hydrogen) atoms. The number of aliphatic carboxylic acids is 1. The van der Waals surface area contributed by atoms with Crippen LogP contribution in [0.3, 0.4) is 0 Å². The first-order chi connectivity index (χ1) is 7.47. The highest BCUT2D eigenvalue weighted by atomic mass is 35.5. The number of nitrogens with one attached hydrogen (secondary N) is 1. The Bertz CT molecular complexity index is 505. The molecule has 1 aromatic rings. The van der Waals surface area contributed by atoms with Gasteiger partial charge in [0.25, 0.3) is 5.56 Å². The van der Waals surface area contributed by atoms with E-state index in [0.717, 1.165) is 10.8 Å². The van der Waals surface area contributed by atoms with E-state index in [0.29, 0.717) is 6.42 Å². The Morgan fingerprint density at radius 2 is 2.25 bits per heavy atom. The van der Waals surface area contributed by atoms with Gasteiger partial charge in [-0.05, 0) is 6.42 Å². The van der Waals surface area contributed by atoms with E-state index in [1.807, 2.05) is 4.98 Å². The van der Waals surface area contributed by atoms with Crippen molar-refractivity contribution in [1.82, 2.24) is 9.55 Å². The maximum Gasteiger partial charge on any atom is 0.329 e. The van der Waals surface area contributed by atoms with Crippen molar-refractivity contribution in [1.29, 1.82) is 0 Å². The van der Waals surface area contributed by atoms with E-state index in [-0.39, 0.29) is 11.4 Å². The summed E-state index contributed by atoms with van der Waals surface area (Å²) < 4.78 is 0.926. The molecule has 0 saturated heterocycles. The molecule has 0 aromatic carbocycles. The van der Waals surface area contributed by atoms with Crippen LogP contribution in [0.5, 0.6) is 0 Å². The number of hydrogen-bond acceptors (Lipinski definition) is 3. The van der Waals surface area contributed by atoms with Crippen LogP contribution in [0.15, 0.2) is 15.8 Å². The van der Waals surface area contributed by atoms with Gasteiger partial charge in [0.1, 0.15) is 11.1 Å². The second-order valence-electron chi connectivity index (χ2n) is 3.29. The van der Waals surface area contributed by atoms with Crippen molar-refractivity contribution in [3.8, 4) is 0 Å². The normalized spacial score (nSPS) is 12.4. The predicted octanol–water partition coefficient (Wildman–Crippen LogP) is 0.616. The number of aromatic nitrogens is 2. The van der Waals surface area contributed by atoms with Crippen LogP contribution in [-0.4, -0.2) is 20.6 Å². The topological polar surface area (TPSA) is 92.2 Å². The SMILES string of the molecule is CCCC(C(=O)O)n1cc(Cl)c(=O)[nH]c1=O. The fourth-order valence-electron chi connectivity index (χ4n) is 1.35. The zero-order chi connectivity index (χ0) is 12.3. The van der Waals surface area contributed by atoms with Gasteiger partial charge in [0, 0.05) is 6.20 Å². The molecule has 1 heterocycles. The fraction of sp³-hybridized carbons (Fsp3) is 0.444. The van der Waals surface area contributed by atoms with Crippen LogP contribution in [0.1, 0.15) is 25.8 Å². The number of rotatable bonds is 4. The summed E-state index contributed by atoms with van der Waals surface area (Å²) in [6.45, 7) is 1.80. The molecule has 0 radical (unpaired) electrons. The Morgan fingerprint density at radius 3 is 2.75 bits per heavy atom. The van der Waals surface area contributed by atoms with Crippen LogP contribution < -0.4 is 11.2 Å². The summed E-state index contributed by atoms with van der Waals surface area (Å²) in [5.74, 6) is -1.13. The van der Waals surface area contributed by atoms with Gasteiger partial charge in [0.05, 0.1) is 0 Å². The van der Waals surface area contributed by atoms with Gasteiger partial charge >= 0.3 is 11.7 Å². The Labute approximate surface area is 95.5 Å². The molecule has 0 fully saturated rings. The molecule has 0 spiro atoms. The predicted molar refractivity (Wildman–Crippen MR) is 57.9 cm³/mol. The highest BCUT2D eigenvalue weighted by Crippen LogP contribution is 2.12. The van der Waals surface area contributed by atoms with E-state index in [1.165, 1.54) is 0 Å². The molecule has 0 amide bonds. The summed E-state index contributed by atoms with van der Waals surface area (Å²) >= 11 is 5.54. The molecular formula is C9H11ClN2O4. The summed E-state index contributed by atoms with van der Waals surface area (Å²) in [6, 6.07) is -1.01. The summed E-state index contributed by atoms with van der Waals surface area (Å²) in [6.07, 6.45) is 1.94. The van der Waals surface area contributed by atoms with Crippen LogP contribution in [0.25, 0.3) is 0 Å². The van der Waals surface area contributed by atoms with Gasteiger partial charge in [0.2, 0.25) is 0 Å². The minimum atomic E-state index is -1.13. The van der Waals surface area contributed by atoms with Crippen molar-refractivity contribution in [2.45, 2.75) is 25.8 Å². The number of H-pyrrole nitrogens is 1. The first kappa shape index (κ1) is 12.5. The molecule has 0 saturated carbocycles. The Hall–Kier alpha value is -1.56.